The molecule has 1 aliphatic heterocycles. The Morgan fingerprint density at radius 3 is 2.85 bits per heavy atom. The highest BCUT2D eigenvalue weighted by Crippen LogP contribution is 2.31. The molecule has 0 radical (unpaired) electrons. The predicted molar refractivity (Wildman–Crippen MR) is 87.9 cm³/mol. The summed E-state index contributed by atoms with van der Waals surface area (Å²) in [6.07, 6.45) is 2.40. The van der Waals surface area contributed by atoms with Gasteiger partial charge in [0.05, 0.1) is 5.69 Å². The Labute approximate surface area is 127 Å². The maximum absolute atomic E-state index is 4.82. The fourth-order valence-corrected chi connectivity index (χ4v) is 3.77. The van der Waals surface area contributed by atoms with Crippen molar-refractivity contribution in [3.05, 3.63) is 10.6 Å². The first-order valence-corrected chi connectivity index (χ1v) is 8.57. The lowest BCUT2D eigenvalue weighted by atomic mass is 10.2. The summed E-state index contributed by atoms with van der Waals surface area (Å²) in [5.41, 5.74) is 1.19. The van der Waals surface area contributed by atoms with E-state index in [2.05, 4.69) is 42.9 Å². The molecule has 4 nitrogen and oxygen atoms in total. The first-order valence-electron chi connectivity index (χ1n) is 7.76. The Morgan fingerprint density at radius 2 is 2.10 bits per heavy atom. The minimum Gasteiger partial charge on any atom is -0.347 e. The highest BCUT2D eigenvalue weighted by molar-refractivity contribution is 7.15. The van der Waals surface area contributed by atoms with Crippen molar-refractivity contribution in [1.29, 1.82) is 0 Å². The number of thiazole rings is 1. The zero-order valence-corrected chi connectivity index (χ0v) is 14.1. The van der Waals surface area contributed by atoms with Gasteiger partial charge in [-0.15, -0.1) is 11.3 Å². The average Bonchev–Trinajstić information content (AvgIpc) is 2.68. The SMILES string of the molecule is CCCNC(C)c1sc(N2CCCN(C)CC2)nc1C. The van der Waals surface area contributed by atoms with Crippen molar-refractivity contribution in [3.63, 3.8) is 0 Å². The van der Waals surface area contributed by atoms with Gasteiger partial charge >= 0.3 is 0 Å². The van der Waals surface area contributed by atoms with E-state index >= 15 is 0 Å². The predicted octanol–water partition coefficient (Wildman–Crippen LogP) is 2.65. The third-order valence-corrected chi connectivity index (χ3v) is 5.31. The molecule has 1 aromatic heterocycles. The lowest BCUT2D eigenvalue weighted by Gasteiger charge is -2.19. The zero-order valence-electron chi connectivity index (χ0n) is 13.3. The van der Waals surface area contributed by atoms with Gasteiger partial charge in [-0.3, -0.25) is 0 Å². The molecular formula is C15H28N4S. The van der Waals surface area contributed by atoms with E-state index in [-0.39, 0.29) is 0 Å². The molecule has 1 N–H and O–H groups in total. The molecule has 2 heterocycles. The Morgan fingerprint density at radius 1 is 1.30 bits per heavy atom. The summed E-state index contributed by atoms with van der Waals surface area (Å²) < 4.78 is 0. The molecule has 1 aromatic rings. The number of anilines is 1. The lowest BCUT2D eigenvalue weighted by Crippen LogP contribution is -2.28. The monoisotopic (exact) mass is 296 g/mol. The molecule has 2 rings (SSSR count). The van der Waals surface area contributed by atoms with Crippen molar-refractivity contribution in [3.8, 4) is 0 Å². The van der Waals surface area contributed by atoms with E-state index in [9.17, 15) is 0 Å². The van der Waals surface area contributed by atoms with Gasteiger partial charge in [0.15, 0.2) is 5.13 Å². The van der Waals surface area contributed by atoms with Gasteiger partial charge in [0.2, 0.25) is 0 Å². The quantitative estimate of drug-likeness (QED) is 0.905. The molecule has 1 fully saturated rings. The molecular weight excluding hydrogens is 268 g/mol. The van der Waals surface area contributed by atoms with Crippen molar-refractivity contribution in [2.75, 3.05) is 44.7 Å². The first-order chi connectivity index (χ1) is 9.61. The van der Waals surface area contributed by atoms with Crippen LogP contribution >= 0.6 is 11.3 Å². The lowest BCUT2D eigenvalue weighted by molar-refractivity contribution is 0.360. The normalized spacial score (nSPS) is 19.1. The van der Waals surface area contributed by atoms with Gasteiger partial charge in [-0.25, -0.2) is 4.98 Å². The summed E-state index contributed by atoms with van der Waals surface area (Å²) in [5, 5.41) is 4.78. The number of hydrogen-bond acceptors (Lipinski definition) is 5. The highest BCUT2D eigenvalue weighted by atomic mass is 32.1. The van der Waals surface area contributed by atoms with Crippen molar-refractivity contribution < 1.29 is 0 Å². The van der Waals surface area contributed by atoms with Gasteiger partial charge < -0.3 is 15.1 Å². The second-order valence-corrected chi connectivity index (χ2v) is 6.77. The topological polar surface area (TPSA) is 31.4 Å². The first kappa shape index (κ1) is 15.7. The molecule has 114 valence electrons. The fourth-order valence-electron chi connectivity index (χ4n) is 2.62. The number of likely N-dealkylation sites (N-methyl/N-ethyl adjacent to an activating group) is 1. The number of nitrogens with one attached hydrogen (secondary N) is 1. The van der Waals surface area contributed by atoms with Gasteiger partial charge in [-0.05, 0) is 46.8 Å². The number of nitrogens with zero attached hydrogens (tertiary/aromatic N) is 3. The van der Waals surface area contributed by atoms with Crippen LogP contribution in [0, 0.1) is 6.92 Å². The Hall–Kier alpha value is -0.650. The van der Waals surface area contributed by atoms with Gasteiger partial charge in [-0.1, -0.05) is 6.92 Å². The van der Waals surface area contributed by atoms with Crippen LogP contribution < -0.4 is 10.2 Å². The van der Waals surface area contributed by atoms with E-state index < -0.39 is 0 Å². The van der Waals surface area contributed by atoms with Crippen molar-refractivity contribution in [2.45, 2.75) is 39.7 Å². The summed E-state index contributed by atoms with van der Waals surface area (Å²) in [7, 11) is 2.21. The molecule has 0 aromatic carbocycles. The molecule has 1 unspecified atom stereocenters. The Balaban J connectivity index is 2.05. The van der Waals surface area contributed by atoms with E-state index in [1.165, 1.54) is 35.1 Å². The average molecular weight is 296 g/mol. The van der Waals surface area contributed by atoms with Crippen LogP contribution in [0.3, 0.4) is 0 Å². The number of aryl methyl sites for hydroxylation is 1. The minimum absolute atomic E-state index is 0.413. The molecule has 0 bridgehead atoms. The number of hydrogen-bond donors (Lipinski definition) is 1. The summed E-state index contributed by atoms with van der Waals surface area (Å²) in [6, 6.07) is 0.413. The summed E-state index contributed by atoms with van der Waals surface area (Å²) in [6.45, 7) is 12.2. The third-order valence-electron chi connectivity index (χ3n) is 3.91. The number of rotatable bonds is 5. The van der Waals surface area contributed by atoms with Crippen LogP contribution in [0.1, 0.15) is 43.3 Å². The second-order valence-electron chi connectivity index (χ2n) is 5.77. The van der Waals surface area contributed by atoms with Crippen LogP contribution in [0.5, 0.6) is 0 Å². The largest absolute Gasteiger partial charge is 0.347 e. The Bertz CT molecular complexity index is 418. The van der Waals surface area contributed by atoms with Crippen molar-refractivity contribution in [1.82, 2.24) is 15.2 Å². The number of aromatic nitrogens is 1. The molecule has 5 heteroatoms. The van der Waals surface area contributed by atoms with E-state index in [1.54, 1.807) is 0 Å². The second kappa shape index (κ2) is 7.38. The van der Waals surface area contributed by atoms with E-state index in [0.29, 0.717) is 6.04 Å². The molecule has 1 aliphatic rings. The summed E-state index contributed by atoms with van der Waals surface area (Å²) in [5.74, 6) is 0. The molecule has 20 heavy (non-hydrogen) atoms. The van der Waals surface area contributed by atoms with Crippen LogP contribution in [0.4, 0.5) is 5.13 Å². The van der Waals surface area contributed by atoms with Gasteiger partial charge in [0.25, 0.3) is 0 Å². The highest BCUT2D eigenvalue weighted by Gasteiger charge is 2.19. The van der Waals surface area contributed by atoms with Crippen molar-refractivity contribution in [2.24, 2.45) is 0 Å². The van der Waals surface area contributed by atoms with E-state index in [1.807, 2.05) is 11.3 Å². The van der Waals surface area contributed by atoms with Gasteiger partial charge in [0, 0.05) is 30.6 Å². The fraction of sp³-hybridized carbons (Fsp3) is 0.800. The Kier molecular flexibility index (Phi) is 5.81. The van der Waals surface area contributed by atoms with Crippen molar-refractivity contribution >= 4 is 16.5 Å². The van der Waals surface area contributed by atoms with E-state index in [0.717, 1.165) is 26.2 Å². The maximum Gasteiger partial charge on any atom is 0.185 e. The van der Waals surface area contributed by atoms with Gasteiger partial charge in [-0.2, -0.15) is 0 Å². The third kappa shape index (κ3) is 3.93. The maximum atomic E-state index is 4.82. The molecule has 0 saturated carbocycles. The van der Waals surface area contributed by atoms with Crippen LogP contribution in [0.25, 0.3) is 0 Å². The van der Waals surface area contributed by atoms with Crippen LogP contribution in [-0.2, 0) is 0 Å². The molecule has 1 saturated heterocycles. The molecule has 1 atom stereocenters. The van der Waals surface area contributed by atoms with Gasteiger partial charge in [0.1, 0.15) is 0 Å². The van der Waals surface area contributed by atoms with E-state index in [4.69, 9.17) is 4.98 Å². The standard InChI is InChI=1S/C15H28N4S/c1-5-7-16-12(2)14-13(3)17-15(20-14)19-9-6-8-18(4)10-11-19/h12,16H,5-11H2,1-4H3. The van der Waals surface area contributed by atoms with Crippen LogP contribution in [-0.4, -0.2) is 49.7 Å². The smallest absolute Gasteiger partial charge is 0.185 e. The zero-order chi connectivity index (χ0) is 14.5. The van der Waals surface area contributed by atoms with Crippen LogP contribution in [0.15, 0.2) is 0 Å². The molecule has 0 spiro atoms. The molecule has 0 aliphatic carbocycles. The summed E-state index contributed by atoms with van der Waals surface area (Å²) >= 11 is 1.87. The summed E-state index contributed by atoms with van der Waals surface area (Å²) in [4.78, 5) is 11.1. The van der Waals surface area contributed by atoms with Crippen LogP contribution in [0.2, 0.25) is 0 Å². The molecule has 0 amide bonds. The minimum atomic E-state index is 0.413.